The van der Waals surface area contributed by atoms with Crippen molar-refractivity contribution in [2.24, 2.45) is 11.8 Å². The molecule has 7 heteroatoms. The fourth-order valence-corrected chi connectivity index (χ4v) is 3.78. The zero-order chi connectivity index (χ0) is 19.7. The van der Waals surface area contributed by atoms with Crippen LogP contribution in [0, 0.1) is 17.7 Å². The summed E-state index contributed by atoms with van der Waals surface area (Å²) in [5.41, 5.74) is 2.40. The van der Waals surface area contributed by atoms with Crippen LogP contribution in [-0.4, -0.2) is 27.0 Å². The maximum Gasteiger partial charge on any atom is 0.231 e. The van der Waals surface area contributed by atoms with Crippen LogP contribution < -0.4 is 4.90 Å². The van der Waals surface area contributed by atoms with E-state index in [1.807, 2.05) is 20.8 Å². The van der Waals surface area contributed by atoms with Crippen molar-refractivity contribution >= 4 is 28.4 Å². The Balaban J connectivity index is 1.98. The Morgan fingerprint density at radius 3 is 2.56 bits per heavy atom. The van der Waals surface area contributed by atoms with Crippen LogP contribution in [-0.2, 0) is 16.0 Å². The molecule has 2 atom stereocenters. The predicted molar refractivity (Wildman–Crippen MR) is 103 cm³/mol. The molecule has 1 amide bonds. The van der Waals surface area contributed by atoms with Gasteiger partial charge in [-0.2, -0.15) is 5.10 Å². The van der Waals surface area contributed by atoms with Crippen LogP contribution in [0.4, 0.5) is 10.1 Å². The molecule has 3 rings (SSSR count). The number of rotatable bonds is 5. The average Bonchev–Trinajstić information content (AvgIpc) is 3.03. The number of halogens is 2. The van der Waals surface area contributed by atoms with Crippen molar-refractivity contribution in [2.45, 2.75) is 46.1 Å². The van der Waals surface area contributed by atoms with E-state index in [1.54, 1.807) is 27.9 Å². The third-order valence-corrected chi connectivity index (χ3v) is 5.31. The van der Waals surface area contributed by atoms with Gasteiger partial charge in [0.25, 0.3) is 0 Å². The van der Waals surface area contributed by atoms with E-state index in [-0.39, 0.29) is 30.1 Å². The Labute approximate surface area is 163 Å². The molecule has 27 heavy (non-hydrogen) atoms. The van der Waals surface area contributed by atoms with Crippen molar-refractivity contribution < 1.29 is 14.0 Å². The molecule has 1 aliphatic rings. The molecule has 144 valence electrons. The normalized spacial score (nSPS) is 17.7. The lowest BCUT2D eigenvalue weighted by atomic mass is 9.89. The summed E-state index contributed by atoms with van der Waals surface area (Å²) in [5.74, 6) is -0.899. The zero-order valence-electron chi connectivity index (χ0n) is 15.7. The number of fused-ring (bicyclic) bond motifs is 1. The molecular weight excluding hydrogens is 369 g/mol. The van der Waals surface area contributed by atoms with Gasteiger partial charge in [-0.1, -0.05) is 13.8 Å². The van der Waals surface area contributed by atoms with Gasteiger partial charge < -0.3 is 4.90 Å². The number of carbonyl (C=O) groups excluding carboxylic acids is 2. The largest absolute Gasteiger partial charge is 0.306 e. The van der Waals surface area contributed by atoms with E-state index in [4.69, 9.17) is 11.6 Å². The first-order chi connectivity index (χ1) is 12.8. The van der Waals surface area contributed by atoms with Crippen molar-refractivity contribution in [1.82, 2.24) is 9.78 Å². The molecule has 1 aliphatic heterocycles. The fourth-order valence-electron chi connectivity index (χ4n) is 3.61. The number of hydrogen-bond donors (Lipinski definition) is 0. The lowest BCUT2D eigenvalue weighted by molar-refractivity contribution is -0.127. The molecule has 0 bridgehead atoms. The number of anilines is 1. The van der Waals surface area contributed by atoms with Crippen LogP contribution >= 0.6 is 11.6 Å². The lowest BCUT2D eigenvalue weighted by Crippen LogP contribution is -2.46. The van der Waals surface area contributed by atoms with Crippen molar-refractivity contribution in [3.63, 3.8) is 0 Å². The number of nitrogens with zero attached hydrogens (tertiary/aromatic N) is 3. The molecule has 1 aromatic heterocycles. The lowest BCUT2D eigenvalue weighted by Gasteiger charge is -2.36. The van der Waals surface area contributed by atoms with Gasteiger partial charge in [-0.3, -0.25) is 9.59 Å². The molecule has 0 aliphatic carbocycles. The summed E-state index contributed by atoms with van der Waals surface area (Å²) in [6.45, 7) is 5.83. The molecule has 0 spiro atoms. The van der Waals surface area contributed by atoms with Gasteiger partial charge in [-0.25, -0.2) is 9.07 Å². The molecule has 1 unspecified atom stereocenters. The summed E-state index contributed by atoms with van der Waals surface area (Å²) in [5, 5.41) is 3.93. The van der Waals surface area contributed by atoms with Crippen LogP contribution in [0.15, 0.2) is 30.5 Å². The highest BCUT2D eigenvalue weighted by atomic mass is 35.5. The van der Waals surface area contributed by atoms with Crippen molar-refractivity contribution in [2.75, 3.05) is 4.90 Å². The van der Waals surface area contributed by atoms with Crippen LogP contribution in [0.5, 0.6) is 0 Å². The number of benzene rings is 1. The predicted octanol–water partition coefficient (Wildman–Crippen LogP) is 4.11. The van der Waals surface area contributed by atoms with E-state index < -0.39 is 11.2 Å². The van der Waals surface area contributed by atoms with Crippen molar-refractivity contribution in [3.8, 4) is 5.69 Å². The number of carbonyl (C=O) groups is 2. The molecule has 0 saturated heterocycles. The van der Waals surface area contributed by atoms with Crippen molar-refractivity contribution in [3.05, 3.63) is 42.0 Å². The van der Waals surface area contributed by atoms with Gasteiger partial charge in [0.2, 0.25) is 11.1 Å². The zero-order valence-corrected chi connectivity index (χ0v) is 16.4. The molecule has 2 heterocycles. The highest BCUT2D eigenvalue weighted by Gasteiger charge is 2.36. The quantitative estimate of drug-likeness (QED) is 0.721. The highest BCUT2D eigenvalue weighted by molar-refractivity contribution is 6.63. The average molecular weight is 392 g/mol. The molecular formula is C20H23ClFN3O2. The molecule has 2 aromatic rings. The molecule has 0 saturated carbocycles. The van der Waals surface area contributed by atoms with E-state index in [9.17, 15) is 14.0 Å². The third-order valence-electron chi connectivity index (χ3n) is 5.16. The van der Waals surface area contributed by atoms with Crippen LogP contribution in [0.1, 0.15) is 39.3 Å². The summed E-state index contributed by atoms with van der Waals surface area (Å²) in [4.78, 5) is 26.5. The number of hydrogen-bond acceptors (Lipinski definition) is 3. The molecule has 0 N–H and O–H groups in total. The highest BCUT2D eigenvalue weighted by Crippen LogP contribution is 2.35. The second kappa shape index (κ2) is 7.80. The first-order valence-electron chi connectivity index (χ1n) is 9.13. The van der Waals surface area contributed by atoms with E-state index in [1.165, 1.54) is 12.1 Å². The van der Waals surface area contributed by atoms with Gasteiger partial charge in [0.15, 0.2) is 0 Å². The van der Waals surface area contributed by atoms with Crippen LogP contribution in [0.25, 0.3) is 5.69 Å². The summed E-state index contributed by atoms with van der Waals surface area (Å²) in [6.07, 6.45) is 3.23. The fraction of sp³-hybridized carbons (Fsp3) is 0.450. The Morgan fingerprint density at radius 1 is 1.30 bits per heavy atom. The van der Waals surface area contributed by atoms with E-state index in [2.05, 4.69) is 5.10 Å². The Bertz CT molecular complexity index is 847. The Morgan fingerprint density at radius 2 is 1.96 bits per heavy atom. The second-order valence-corrected chi connectivity index (χ2v) is 7.79. The Hall–Kier alpha value is -2.21. The minimum absolute atomic E-state index is 0.00236. The number of amides is 1. The molecule has 5 nitrogen and oxygen atoms in total. The first kappa shape index (κ1) is 19.5. The maximum atomic E-state index is 13.3. The van der Waals surface area contributed by atoms with Crippen molar-refractivity contribution in [1.29, 1.82) is 0 Å². The SMILES string of the molecule is CC(C)[C@@H](CC(=O)Cl)C(=O)N1c2cnn(-c3ccc(F)cc3)c2CCC1C. The van der Waals surface area contributed by atoms with E-state index >= 15 is 0 Å². The minimum atomic E-state index is -0.506. The van der Waals surface area contributed by atoms with Gasteiger partial charge in [0.1, 0.15) is 5.82 Å². The van der Waals surface area contributed by atoms with E-state index in [0.717, 1.165) is 29.9 Å². The summed E-state index contributed by atoms with van der Waals surface area (Å²) >= 11 is 5.58. The molecule has 0 fully saturated rings. The summed E-state index contributed by atoms with van der Waals surface area (Å²) < 4.78 is 15.0. The van der Waals surface area contributed by atoms with Gasteiger partial charge in [0.05, 0.1) is 23.3 Å². The molecule has 1 aromatic carbocycles. The first-order valence-corrected chi connectivity index (χ1v) is 9.51. The number of aromatic nitrogens is 2. The van der Waals surface area contributed by atoms with Gasteiger partial charge >= 0.3 is 0 Å². The summed E-state index contributed by atoms with van der Waals surface area (Å²) in [6, 6.07) is 6.10. The van der Waals surface area contributed by atoms with Crippen LogP contribution in [0.3, 0.4) is 0 Å². The van der Waals surface area contributed by atoms with Gasteiger partial charge in [-0.05, 0) is 61.5 Å². The van der Waals surface area contributed by atoms with Gasteiger partial charge in [0, 0.05) is 18.4 Å². The smallest absolute Gasteiger partial charge is 0.231 e. The van der Waals surface area contributed by atoms with E-state index in [0.29, 0.717) is 0 Å². The van der Waals surface area contributed by atoms with Gasteiger partial charge in [-0.15, -0.1) is 0 Å². The monoisotopic (exact) mass is 391 g/mol. The molecule has 0 radical (unpaired) electrons. The topological polar surface area (TPSA) is 55.2 Å². The second-order valence-electron chi connectivity index (χ2n) is 7.37. The third kappa shape index (κ3) is 3.90. The minimum Gasteiger partial charge on any atom is -0.306 e. The summed E-state index contributed by atoms with van der Waals surface area (Å²) in [7, 11) is 0. The van der Waals surface area contributed by atoms with Crippen LogP contribution in [0.2, 0.25) is 0 Å². The standard InChI is InChI=1S/C20H23ClFN3O2/c1-12(2)16(10-19(21)26)20(27)24-13(3)4-9-17-18(24)11-23-25(17)15-7-5-14(22)6-8-15/h5-8,11-13,16H,4,9-10H2,1-3H3/t13?,16-/m1/s1. The Kier molecular flexibility index (Phi) is 5.65. The maximum absolute atomic E-state index is 13.3.